The summed E-state index contributed by atoms with van der Waals surface area (Å²) in [5.41, 5.74) is 1.88. The Morgan fingerprint density at radius 3 is 2.65 bits per heavy atom. The number of quaternary nitrogens is 2. The van der Waals surface area contributed by atoms with Gasteiger partial charge in [0.15, 0.2) is 0 Å². The van der Waals surface area contributed by atoms with Crippen LogP contribution in [0.25, 0.3) is 10.9 Å². The Balaban J connectivity index is 1.81. The van der Waals surface area contributed by atoms with Gasteiger partial charge in [-0.05, 0) is 13.0 Å². The second-order valence-electron chi connectivity index (χ2n) is 5.95. The van der Waals surface area contributed by atoms with E-state index in [0.29, 0.717) is 0 Å². The molecule has 3 N–H and O–H groups in total. The largest absolute Gasteiger partial charge is 0.360 e. The lowest BCUT2D eigenvalue weighted by Gasteiger charge is -2.30. The molecule has 1 aromatic heterocycles. The van der Waals surface area contributed by atoms with Crippen LogP contribution in [-0.4, -0.2) is 50.0 Å². The number of para-hydroxylation sites is 1. The number of piperazine rings is 1. The van der Waals surface area contributed by atoms with E-state index in [2.05, 4.69) is 19.0 Å². The van der Waals surface area contributed by atoms with Crippen LogP contribution < -0.4 is 9.80 Å². The van der Waals surface area contributed by atoms with Gasteiger partial charge in [0.1, 0.15) is 32.2 Å². The molecule has 1 fully saturated rings. The van der Waals surface area contributed by atoms with E-state index in [4.69, 9.17) is 0 Å². The molecule has 1 saturated heterocycles. The van der Waals surface area contributed by atoms with Crippen molar-refractivity contribution in [2.24, 2.45) is 0 Å². The maximum Gasteiger partial charge on any atom is 0.221 e. The number of ketones is 1. The first-order chi connectivity index (χ1) is 9.66. The van der Waals surface area contributed by atoms with Crippen LogP contribution >= 0.6 is 0 Å². The third-order valence-electron chi connectivity index (χ3n) is 4.61. The molecule has 0 unspecified atom stereocenters. The SMILES string of the molecule is C[C@@H](C(=O)c1c[nH]c2ccccc12)[NH+]1CC[NH+](C)CC1. The van der Waals surface area contributed by atoms with Crippen LogP contribution in [0.4, 0.5) is 0 Å². The second-order valence-corrected chi connectivity index (χ2v) is 5.95. The Labute approximate surface area is 119 Å². The lowest BCUT2D eigenvalue weighted by atomic mass is 10.0. The van der Waals surface area contributed by atoms with Crippen molar-refractivity contribution < 1.29 is 14.6 Å². The molecule has 0 radical (unpaired) electrons. The van der Waals surface area contributed by atoms with Crippen LogP contribution in [0.3, 0.4) is 0 Å². The Kier molecular flexibility index (Phi) is 3.59. The third-order valence-corrected chi connectivity index (χ3v) is 4.61. The molecule has 1 aliphatic heterocycles. The number of aromatic amines is 1. The van der Waals surface area contributed by atoms with E-state index in [-0.39, 0.29) is 11.8 Å². The Morgan fingerprint density at radius 1 is 1.20 bits per heavy atom. The molecule has 0 saturated carbocycles. The number of hydrogen-bond donors (Lipinski definition) is 3. The number of aromatic nitrogens is 1. The van der Waals surface area contributed by atoms with Crippen molar-refractivity contribution in [3.63, 3.8) is 0 Å². The van der Waals surface area contributed by atoms with E-state index in [0.717, 1.165) is 42.6 Å². The summed E-state index contributed by atoms with van der Waals surface area (Å²) in [5.74, 6) is 0.261. The number of hydrogen-bond acceptors (Lipinski definition) is 1. The van der Waals surface area contributed by atoms with Crippen molar-refractivity contribution in [3.8, 4) is 0 Å². The van der Waals surface area contributed by atoms with Gasteiger partial charge in [0.05, 0.1) is 7.05 Å². The lowest BCUT2D eigenvalue weighted by molar-refractivity contribution is -1.01. The van der Waals surface area contributed by atoms with Gasteiger partial charge < -0.3 is 14.8 Å². The number of benzene rings is 1. The maximum atomic E-state index is 12.8. The van der Waals surface area contributed by atoms with E-state index in [9.17, 15) is 4.79 Å². The molecule has 4 nitrogen and oxygen atoms in total. The van der Waals surface area contributed by atoms with Crippen LogP contribution in [0.15, 0.2) is 30.5 Å². The van der Waals surface area contributed by atoms with Crippen LogP contribution in [0.2, 0.25) is 0 Å². The molecule has 1 aromatic carbocycles. The number of likely N-dealkylation sites (N-methyl/N-ethyl adjacent to an activating group) is 1. The molecule has 2 heterocycles. The summed E-state index contributed by atoms with van der Waals surface area (Å²) in [4.78, 5) is 18.9. The van der Waals surface area contributed by atoms with E-state index >= 15 is 0 Å². The second kappa shape index (κ2) is 5.38. The monoisotopic (exact) mass is 273 g/mol. The molecule has 1 aliphatic rings. The smallest absolute Gasteiger partial charge is 0.221 e. The molecule has 0 spiro atoms. The van der Waals surface area contributed by atoms with E-state index < -0.39 is 0 Å². The molecular weight excluding hydrogens is 250 g/mol. The van der Waals surface area contributed by atoms with Gasteiger partial charge in [0.2, 0.25) is 5.78 Å². The topological polar surface area (TPSA) is 41.7 Å². The van der Waals surface area contributed by atoms with Gasteiger partial charge in [-0.2, -0.15) is 0 Å². The molecular formula is C16H23N3O+2. The zero-order valence-electron chi connectivity index (χ0n) is 12.2. The van der Waals surface area contributed by atoms with Crippen molar-refractivity contribution >= 4 is 16.7 Å². The number of nitrogens with one attached hydrogen (secondary N) is 3. The highest BCUT2D eigenvalue weighted by Gasteiger charge is 2.31. The molecule has 3 rings (SSSR count). The molecule has 0 bridgehead atoms. The fourth-order valence-corrected chi connectivity index (χ4v) is 3.12. The minimum Gasteiger partial charge on any atom is -0.360 e. The minimum atomic E-state index is 0.0438. The molecule has 0 aliphatic carbocycles. The number of rotatable bonds is 3. The number of carbonyl (C=O) groups excluding carboxylic acids is 1. The van der Waals surface area contributed by atoms with Gasteiger partial charge in [0.25, 0.3) is 0 Å². The predicted octanol–water partition coefficient (Wildman–Crippen LogP) is -0.848. The Bertz CT molecular complexity index is 611. The standard InChI is InChI=1S/C16H21N3O/c1-12(19-9-7-18(2)8-10-19)16(20)14-11-17-15-6-4-3-5-13(14)15/h3-6,11-12,17H,7-10H2,1-2H3/p+2/t12-/m0/s1. The first-order valence-corrected chi connectivity index (χ1v) is 7.43. The molecule has 2 aromatic rings. The normalized spacial score (nSPS) is 24.7. The van der Waals surface area contributed by atoms with E-state index in [1.807, 2.05) is 30.5 Å². The summed E-state index contributed by atoms with van der Waals surface area (Å²) in [6.07, 6.45) is 1.87. The van der Waals surface area contributed by atoms with Gasteiger partial charge in [-0.15, -0.1) is 0 Å². The number of fused-ring (bicyclic) bond motifs is 1. The first-order valence-electron chi connectivity index (χ1n) is 7.43. The van der Waals surface area contributed by atoms with Crippen LogP contribution in [0.5, 0.6) is 0 Å². The maximum absolute atomic E-state index is 12.8. The van der Waals surface area contributed by atoms with Crippen LogP contribution in [0, 0.1) is 0 Å². The fourth-order valence-electron chi connectivity index (χ4n) is 3.12. The highest BCUT2D eigenvalue weighted by atomic mass is 16.1. The summed E-state index contributed by atoms with van der Waals surface area (Å²) < 4.78 is 0. The zero-order chi connectivity index (χ0) is 14.1. The van der Waals surface area contributed by atoms with Crippen molar-refractivity contribution in [1.82, 2.24) is 4.98 Å². The summed E-state index contributed by atoms with van der Waals surface area (Å²) >= 11 is 0. The minimum absolute atomic E-state index is 0.0438. The number of carbonyl (C=O) groups is 1. The Hall–Kier alpha value is -1.65. The highest BCUT2D eigenvalue weighted by molar-refractivity contribution is 6.09. The highest BCUT2D eigenvalue weighted by Crippen LogP contribution is 2.18. The molecule has 20 heavy (non-hydrogen) atoms. The molecule has 1 atom stereocenters. The molecule has 4 heteroatoms. The van der Waals surface area contributed by atoms with Gasteiger partial charge in [-0.1, -0.05) is 18.2 Å². The molecule has 106 valence electrons. The summed E-state index contributed by atoms with van der Waals surface area (Å²) in [6.45, 7) is 6.55. The summed E-state index contributed by atoms with van der Waals surface area (Å²) in [7, 11) is 2.23. The van der Waals surface area contributed by atoms with Gasteiger partial charge in [-0.25, -0.2) is 0 Å². The lowest BCUT2D eigenvalue weighted by Crippen LogP contribution is -3.29. The molecule has 0 amide bonds. The predicted molar refractivity (Wildman–Crippen MR) is 79.4 cm³/mol. The van der Waals surface area contributed by atoms with Crippen molar-refractivity contribution in [2.75, 3.05) is 33.2 Å². The average Bonchev–Trinajstić information content (AvgIpc) is 2.90. The van der Waals surface area contributed by atoms with Crippen LogP contribution in [0.1, 0.15) is 17.3 Å². The quantitative estimate of drug-likeness (QED) is 0.627. The van der Waals surface area contributed by atoms with Crippen molar-refractivity contribution in [3.05, 3.63) is 36.0 Å². The Morgan fingerprint density at radius 2 is 1.90 bits per heavy atom. The summed E-state index contributed by atoms with van der Waals surface area (Å²) in [6, 6.07) is 8.06. The van der Waals surface area contributed by atoms with Crippen molar-refractivity contribution in [2.45, 2.75) is 13.0 Å². The van der Waals surface area contributed by atoms with Gasteiger partial charge >= 0.3 is 0 Å². The third kappa shape index (κ3) is 2.37. The first kappa shape index (κ1) is 13.3. The summed E-state index contributed by atoms with van der Waals surface area (Å²) in [5, 5.41) is 1.04. The van der Waals surface area contributed by atoms with E-state index in [1.54, 1.807) is 4.90 Å². The number of H-pyrrole nitrogens is 1. The van der Waals surface area contributed by atoms with Gasteiger partial charge in [0, 0.05) is 22.7 Å². The average molecular weight is 273 g/mol. The fraction of sp³-hybridized carbons (Fsp3) is 0.438. The van der Waals surface area contributed by atoms with Crippen molar-refractivity contribution in [1.29, 1.82) is 0 Å². The number of Topliss-reactive ketones (excluding diaryl/α,β-unsaturated/α-hetero) is 1. The zero-order valence-corrected chi connectivity index (χ0v) is 12.2. The van der Waals surface area contributed by atoms with E-state index in [1.165, 1.54) is 4.90 Å². The van der Waals surface area contributed by atoms with Crippen LogP contribution in [-0.2, 0) is 0 Å². The van der Waals surface area contributed by atoms with Gasteiger partial charge in [-0.3, -0.25) is 4.79 Å².